The third kappa shape index (κ3) is 3.50. The number of nitrogens with zero attached hydrogens (tertiary/aromatic N) is 2. The predicted octanol–water partition coefficient (Wildman–Crippen LogP) is 4.49. The fourth-order valence-corrected chi connectivity index (χ4v) is 2.92. The fraction of sp³-hybridized carbons (Fsp3) is 0.300. The quantitative estimate of drug-likeness (QED) is 0.763. The van der Waals surface area contributed by atoms with Gasteiger partial charge in [-0.1, -0.05) is 28.9 Å². The summed E-state index contributed by atoms with van der Waals surface area (Å²) in [6.45, 7) is 8.95. The molecule has 2 amide bonds. The van der Waals surface area contributed by atoms with Gasteiger partial charge in [-0.15, -0.1) is 0 Å². The van der Waals surface area contributed by atoms with Gasteiger partial charge < -0.3 is 9.84 Å². The van der Waals surface area contributed by atoms with Crippen LogP contribution in [0.1, 0.15) is 29.3 Å². The first-order valence-corrected chi connectivity index (χ1v) is 8.47. The van der Waals surface area contributed by atoms with Crippen LogP contribution in [0.3, 0.4) is 0 Å². The lowest BCUT2D eigenvalue weighted by Crippen LogP contribution is -2.40. The van der Waals surface area contributed by atoms with Crippen LogP contribution in [-0.4, -0.2) is 17.7 Å². The number of aromatic nitrogens is 1. The minimum absolute atomic E-state index is 0.139. The molecule has 1 N–H and O–H groups in total. The molecule has 5 heteroatoms. The lowest BCUT2D eigenvalue weighted by molar-refractivity contribution is 0.246. The van der Waals surface area contributed by atoms with E-state index in [4.69, 9.17) is 4.52 Å². The molecule has 0 aliphatic rings. The van der Waals surface area contributed by atoms with Gasteiger partial charge in [-0.05, 0) is 57.0 Å². The van der Waals surface area contributed by atoms with Crippen LogP contribution >= 0.6 is 0 Å². The molecule has 0 aliphatic heterocycles. The van der Waals surface area contributed by atoms with Gasteiger partial charge in [-0.3, -0.25) is 4.90 Å². The largest absolute Gasteiger partial charge is 0.356 e. The molecule has 25 heavy (non-hydrogen) atoms. The Morgan fingerprint density at radius 2 is 1.84 bits per heavy atom. The molecule has 0 atom stereocenters. The summed E-state index contributed by atoms with van der Waals surface area (Å²) in [7, 11) is 0. The van der Waals surface area contributed by atoms with E-state index >= 15 is 0 Å². The van der Waals surface area contributed by atoms with Crippen LogP contribution in [0.2, 0.25) is 0 Å². The van der Waals surface area contributed by atoms with E-state index in [2.05, 4.69) is 16.5 Å². The number of rotatable bonds is 4. The maximum Gasteiger partial charge on any atom is 0.322 e. The first-order valence-electron chi connectivity index (χ1n) is 8.47. The van der Waals surface area contributed by atoms with Gasteiger partial charge >= 0.3 is 6.03 Å². The Hall–Kier alpha value is -2.82. The molecule has 0 saturated carbocycles. The number of amides is 2. The molecule has 0 aliphatic carbocycles. The van der Waals surface area contributed by atoms with Crippen molar-refractivity contribution in [1.82, 2.24) is 10.5 Å². The van der Waals surface area contributed by atoms with Crippen LogP contribution in [0.4, 0.5) is 10.5 Å². The minimum Gasteiger partial charge on any atom is -0.356 e. The Labute approximate surface area is 147 Å². The summed E-state index contributed by atoms with van der Waals surface area (Å²) in [5, 5.41) is 7.99. The van der Waals surface area contributed by atoms with Crippen LogP contribution in [-0.2, 0) is 6.54 Å². The van der Waals surface area contributed by atoms with Gasteiger partial charge in [0.25, 0.3) is 0 Å². The number of hydrogen-bond donors (Lipinski definition) is 1. The van der Waals surface area contributed by atoms with Crippen LogP contribution in [0.15, 0.2) is 40.9 Å². The number of carbonyl (C=O) groups excluding carboxylic acids is 1. The Morgan fingerprint density at radius 1 is 1.12 bits per heavy atom. The number of nitrogens with one attached hydrogen (secondary N) is 1. The molecule has 0 saturated heterocycles. The summed E-state index contributed by atoms with van der Waals surface area (Å²) in [5.41, 5.74) is 5.74. The third-order valence-corrected chi connectivity index (χ3v) is 4.32. The number of hydrogen-bond acceptors (Lipinski definition) is 3. The third-order valence-electron chi connectivity index (χ3n) is 4.32. The van der Waals surface area contributed by atoms with E-state index in [0.717, 1.165) is 39.0 Å². The molecule has 130 valence electrons. The van der Waals surface area contributed by atoms with E-state index in [0.29, 0.717) is 13.1 Å². The summed E-state index contributed by atoms with van der Waals surface area (Å²) in [4.78, 5) is 14.4. The second kappa shape index (κ2) is 6.97. The predicted molar refractivity (Wildman–Crippen MR) is 99.9 cm³/mol. The maximum absolute atomic E-state index is 12.7. The summed E-state index contributed by atoms with van der Waals surface area (Å²) < 4.78 is 5.33. The van der Waals surface area contributed by atoms with E-state index < -0.39 is 0 Å². The normalized spacial score (nSPS) is 10.9. The number of aryl methyl sites for hydroxylation is 3. The lowest BCUT2D eigenvalue weighted by Gasteiger charge is -2.23. The molecule has 5 nitrogen and oxygen atoms in total. The molecular formula is C20H23N3O2. The van der Waals surface area contributed by atoms with Crippen LogP contribution < -0.4 is 10.2 Å². The topological polar surface area (TPSA) is 58.4 Å². The molecule has 2 aromatic carbocycles. The van der Waals surface area contributed by atoms with Gasteiger partial charge in [0, 0.05) is 17.6 Å². The number of urea groups is 1. The number of carbonyl (C=O) groups is 1. The van der Waals surface area contributed by atoms with Crippen molar-refractivity contribution >= 4 is 22.7 Å². The van der Waals surface area contributed by atoms with Crippen molar-refractivity contribution in [2.24, 2.45) is 0 Å². The second-order valence-electron chi connectivity index (χ2n) is 6.32. The van der Waals surface area contributed by atoms with Crippen molar-refractivity contribution < 1.29 is 9.32 Å². The molecule has 1 heterocycles. The maximum atomic E-state index is 12.7. The van der Waals surface area contributed by atoms with Crippen molar-refractivity contribution in [1.29, 1.82) is 0 Å². The zero-order valence-corrected chi connectivity index (χ0v) is 15.1. The van der Waals surface area contributed by atoms with Gasteiger partial charge in [-0.2, -0.15) is 0 Å². The summed E-state index contributed by atoms with van der Waals surface area (Å²) in [6, 6.07) is 11.9. The molecule has 0 spiro atoms. The Bertz CT molecular complexity index is 914. The highest BCUT2D eigenvalue weighted by molar-refractivity contribution is 5.93. The van der Waals surface area contributed by atoms with Crippen molar-refractivity contribution in [2.75, 3.05) is 11.4 Å². The molecule has 3 aromatic rings. The Balaban J connectivity index is 1.78. The van der Waals surface area contributed by atoms with Gasteiger partial charge in [0.05, 0.1) is 6.54 Å². The Morgan fingerprint density at radius 3 is 2.60 bits per heavy atom. The SMILES string of the molecule is CCN(C(=O)NCc1noc2ccc(C)cc12)c1cc(C)ccc1C. The zero-order valence-electron chi connectivity index (χ0n) is 15.1. The minimum atomic E-state index is -0.139. The highest BCUT2D eigenvalue weighted by Gasteiger charge is 2.17. The van der Waals surface area contributed by atoms with Gasteiger partial charge in [0.2, 0.25) is 0 Å². The zero-order chi connectivity index (χ0) is 18.0. The molecule has 1 aromatic heterocycles. The van der Waals surface area contributed by atoms with E-state index in [1.165, 1.54) is 0 Å². The first-order chi connectivity index (χ1) is 12.0. The molecule has 0 fully saturated rings. The van der Waals surface area contributed by atoms with Crippen LogP contribution in [0, 0.1) is 20.8 Å². The van der Waals surface area contributed by atoms with Crippen molar-refractivity contribution in [3.05, 3.63) is 58.8 Å². The average Bonchev–Trinajstić information content (AvgIpc) is 2.99. The highest BCUT2D eigenvalue weighted by Crippen LogP contribution is 2.22. The first kappa shape index (κ1) is 17.0. The standard InChI is InChI=1S/C20H23N3O2/c1-5-23(18-11-14(3)6-8-15(18)4)20(24)21-12-17-16-10-13(2)7-9-19(16)25-22-17/h6-11H,5,12H2,1-4H3,(H,21,24). The highest BCUT2D eigenvalue weighted by atomic mass is 16.5. The van der Waals surface area contributed by atoms with E-state index in [-0.39, 0.29) is 6.03 Å². The van der Waals surface area contributed by atoms with Gasteiger partial charge in [0.15, 0.2) is 5.58 Å². The number of benzene rings is 2. The monoisotopic (exact) mass is 337 g/mol. The molecule has 0 unspecified atom stereocenters. The summed E-state index contributed by atoms with van der Waals surface area (Å²) >= 11 is 0. The van der Waals surface area contributed by atoms with Crippen molar-refractivity contribution in [3.63, 3.8) is 0 Å². The molecule has 3 rings (SSSR count). The van der Waals surface area contributed by atoms with Crippen LogP contribution in [0.5, 0.6) is 0 Å². The average molecular weight is 337 g/mol. The van der Waals surface area contributed by atoms with Crippen molar-refractivity contribution in [2.45, 2.75) is 34.2 Å². The van der Waals surface area contributed by atoms with Gasteiger partial charge in [-0.25, -0.2) is 4.79 Å². The van der Waals surface area contributed by atoms with Gasteiger partial charge in [0.1, 0.15) is 5.69 Å². The smallest absolute Gasteiger partial charge is 0.322 e. The summed E-state index contributed by atoms with van der Waals surface area (Å²) in [6.07, 6.45) is 0. The van der Waals surface area contributed by atoms with E-state index in [9.17, 15) is 4.79 Å². The second-order valence-corrected chi connectivity index (χ2v) is 6.32. The van der Waals surface area contributed by atoms with E-state index in [1.807, 2.05) is 58.0 Å². The molecule has 0 bridgehead atoms. The van der Waals surface area contributed by atoms with Crippen LogP contribution in [0.25, 0.3) is 11.0 Å². The Kier molecular flexibility index (Phi) is 4.74. The summed E-state index contributed by atoms with van der Waals surface area (Å²) in [5.74, 6) is 0. The van der Waals surface area contributed by atoms with E-state index in [1.54, 1.807) is 4.90 Å². The fourth-order valence-electron chi connectivity index (χ4n) is 2.92. The molecule has 0 radical (unpaired) electrons. The molecular weight excluding hydrogens is 314 g/mol. The van der Waals surface area contributed by atoms with Crippen molar-refractivity contribution in [3.8, 4) is 0 Å². The number of anilines is 1. The number of fused-ring (bicyclic) bond motifs is 1. The lowest BCUT2D eigenvalue weighted by atomic mass is 10.1.